The summed E-state index contributed by atoms with van der Waals surface area (Å²) < 4.78 is 3.85. The number of nitrogens with zero attached hydrogens (tertiary/aromatic N) is 1. The summed E-state index contributed by atoms with van der Waals surface area (Å²) in [6, 6.07) is 6.57. The zero-order chi connectivity index (χ0) is 11.5. The Labute approximate surface area is 106 Å². The zero-order valence-corrected chi connectivity index (χ0v) is 10.2. The van der Waals surface area contributed by atoms with E-state index < -0.39 is 0 Å². The van der Waals surface area contributed by atoms with E-state index in [0.717, 1.165) is 11.5 Å². The summed E-state index contributed by atoms with van der Waals surface area (Å²) >= 11 is 12.7. The standard InChI is InChI=1S/C10H6Cl2N2OS/c11-7-2-1-6(5-8(7)12)14-10(15)9-3-4-13-16-9/h1-5H,(H,14,15). The molecule has 0 radical (unpaired) electrons. The fourth-order valence-electron chi connectivity index (χ4n) is 1.10. The van der Waals surface area contributed by atoms with E-state index in [-0.39, 0.29) is 5.91 Å². The second kappa shape index (κ2) is 4.82. The van der Waals surface area contributed by atoms with E-state index in [4.69, 9.17) is 23.2 Å². The Kier molecular flexibility index (Phi) is 3.43. The van der Waals surface area contributed by atoms with Crippen LogP contribution >= 0.6 is 34.7 Å². The first-order valence-electron chi connectivity index (χ1n) is 4.34. The topological polar surface area (TPSA) is 42.0 Å². The van der Waals surface area contributed by atoms with Gasteiger partial charge in [-0.25, -0.2) is 4.37 Å². The van der Waals surface area contributed by atoms with Crippen molar-refractivity contribution in [3.63, 3.8) is 0 Å². The lowest BCUT2D eigenvalue weighted by Gasteiger charge is -2.04. The van der Waals surface area contributed by atoms with Gasteiger partial charge in [0.1, 0.15) is 4.88 Å². The van der Waals surface area contributed by atoms with Gasteiger partial charge >= 0.3 is 0 Å². The fraction of sp³-hybridized carbons (Fsp3) is 0. The molecule has 1 amide bonds. The lowest BCUT2D eigenvalue weighted by molar-refractivity contribution is 0.103. The number of amides is 1. The number of nitrogens with one attached hydrogen (secondary N) is 1. The second-order valence-electron chi connectivity index (χ2n) is 2.96. The predicted molar refractivity (Wildman–Crippen MR) is 66.5 cm³/mol. The molecule has 2 aromatic rings. The molecule has 0 aliphatic rings. The molecule has 1 aromatic carbocycles. The number of carbonyl (C=O) groups is 1. The first-order chi connectivity index (χ1) is 7.66. The minimum absolute atomic E-state index is 0.208. The number of hydrogen-bond donors (Lipinski definition) is 1. The normalized spacial score (nSPS) is 10.1. The Morgan fingerprint density at radius 3 is 2.69 bits per heavy atom. The molecule has 0 saturated heterocycles. The SMILES string of the molecule is O=C(Nc1ccc(Cl)c(Cl)c1)c1ccns1. The van der Waals surface area contributed by atoms with Crippen molar-refractivity contribution in [1.82, 2.24) is 4.37 Å². The number of aromatic nitrogens is 1. The van der Waals surface area contributed by atoms with E-state index >= 15 is 0 Å². The van der Waals surface area contributed by atoms with Crippen LogP contribution in [0.3, 0.4) is 0 Å². The van der Waals surface area contributed by atoms with E-state index in [9.17, 15) is 4.79 Å². The van der Waals surface area contributed by atoms with E-state index in [1.54, 1.807) is 30.5 Å². The van der Waals surface area contributed by atoms with Crippen LogP contribution in [0.15, 0.2) is 30.5 Å². The molecule has 0 fully saturated rings. The van der Waals surface area contributed by atoms with Crippen molar-refractivity contribution < 1.29 is 4.79 Å². The summed E-state index contributed by atoms with van der Waals surface area (Å²) in [5.41, 5.74) is 0.604. The third-order valence-corrected chi connectivity index (χ3v) is 3.32. The molecule has 3 nitrogen and oxygen atoms in total. The van der Waals surface area contributed by atoms with Gasteiger partial charge in [0.2, 0.25) is 0 Å². The Bertz CT molecular complexity index is 514. The Balaban J connectivity index is 2.15. The van der Waals surface area contributed by atoms with Crippen molar-refractivity contribution in [2.75, 3.05) is 5.32 Å². The number of rotatable bonds is 2. The smallest absolute Gasteiger partial charge is 0.267 e. The van der Waals surface area contributed by atoms with Gasteiger partial charge in [-0.3, -0.25) is 4.79 Å². The van der Waals surface area contributed by atoms with Gasteiger partial charge in [-0.05, 0) is 35.8 Å². The molecule has 1 heterocycles. The molecule has 0 saturated carbocycles. The summed E-state index contributed by atoms with van der Waals surface area (Å²) in [5.74, 6) is -0.208. The molecule has 0 aliphatic carbocycles. The van der Waals surface area contributed by atoms with Gasteiger partial charge in [-0.1, -0.05) is 23.2 Å². The third kappa shape index (κ3) is 2.52. The van der Waals surface area contributed by atoms with Gasteiger partial charge in [0.25, 0.3) is 5.91 Å². The van der Waals surface area contributed by atoms with E-state index in [0.29, 0.717) is 20.6 Å². The van der Waals surface area contributed by atoms with Crippen LogP contribution in [0, 0.1) is 0 Å². The number of anilines is 1. The summed E-state index contributed by atoms with van der Waals surface area (Å²) in [7, 11) is 0. The van der Waals surface area contributed by atoms with Crippen molar-refractivity contribution in [2.24, 2.45) is 0 Å². The highest BCUT2D eigenvalue weighted by Crippen LogP contribution is 2.25. The van der Waals surface area contributed by atoms with Crippen molar-refractivity contribution >= 4 is 46.3 Å². The maximum Gasteiger partial charge on any atom is 0.267 e. The molecular formula is C10H6Cl2N2OS. The Morgan fingerprint density at radius 1 is 1.25 bits per heavy atom. The van der Waals surface area contributed by atoms with Crippen LogP contribution in [0.5, 0.6) is 0 Å². The summed E-state index contributed by atoms with van der Waals surface area (Å²) in [6.07, 6.45) is 1.58. The van der Waals surface area contributed by atoms with Gasteiger partial charge in [0.05, 0.1) is 10.0 Å². The molecule has 0 atom stereocenters. The molecule has 2 rings (SSSR count). The molecule has 16 heavy (non-hydrogen) atoms. The molecular weight excluding hydrogens is 267 g/mol. The van der Waals surface area contributed by atoms with Gasteiger partial charge < -0.3 is 5.32 Å². The molecule has 1 N–H and O–H groups in total. The van der Waals surface area contributed by atoms with Crippen LogP contribution in [0.2, 0.25) is 10.0 Å². The highest BCUT2D eigenvalue weighted by molar-refractivity contribution is 7.08. The molecule has 0 bridgehead atoms. The maximum absolute atomic E-state index is 11.7. The summed E-state index contributed by atoms with van der Waals surface area (Å²) in [4.78, 5) is 12.2. The van der Waals surface area contributed by atoms with E-state index in [1.165, 1.54) is 0 Å². The maximum atomic E-state index is 11.7. The average Bonchev–Trinajstić information content (AvgIpc) is 2.77. The quantitative estimate of drug-likeness (QED) is 0.906. The van der Waals surface area contributed by atoms with Gasteiger partial charge in [-0.2, -0.15) is 0 Å². The van der Waals surface area contributed by atoms with Crippen molar-refractivity contribution in [3.8, 4) is 0 Å². The van der Waals surface area contributed by atoms with E-state index in [2.05, 4.69) is 9.69 Å². The van der Waals surface area contributed by atoms with Gasteiger partial charge in [0, 0.05) is 11.9 Å². The van der Waals surface area contributed by atoms with Crippen LogP contribution in [0.25, 0.3) is 0 Å². The van der Waals surface area contributed by atoms with Gasteiger partial charge in [-0.15, -0.1) is 0 Å². The second-order valence-corrected chi connectivity index (χ2v) is 4.61. The highest BCUT2D eigenvalue weighted by Gasteiger charge is 2.08. The largest absolute Gasteiger partial charge is 0.321 e. The molecule has 82 valence electrons. The van der Waals surface area contributed by atoms with E-state index in [1.807, 2.05) is 0 Å². The third-order valence-electron chi connectivity index (χ3n) is 1.84. The van der Waals surface area contributed by atoms with Gasteiger partial charge in [0.15, 0.2) is 0 Å². The number of hydrogen-bond acceptors (Lipinski definition) is 3. The van der Waals surface area contributed by atoms with Crippen LogP contribution in [0.4, 0.5) is 5.69 Å². The lowest BCUT2D eigenvalue weighted by Crippen LogP contribution is -2.09. The summed E-state index contributed by atoms with van der Waals surface area (Å²) in [5, 5.41) is 3.56. The predicted octanol–water partition coefficient (Wildman–Crippen LogP) is 3.70. The van der Waals surface area contributed by atoms with Crippen molar-refractivity contribution in [1.29, 1.82) is 0 Å². The number of benzene rings is 1. The zero-order valence-electron chi connectivity index (χ0n) is 7.91. The molecule has 1 aromatic heterocycles. The minimum Gasteiger partial charge on any atom is -0.321 e. The van der Waals surface area contributed by atoms with Crippen molar-refractivity contribution in [2.45, 2.75) is 0 Å². The molecule has 0 unspecified atom stereocenters. The Hall–Kier alpha value is -1.10. The lowest BCUT2D eigenvalue weighted by atomic mass is 10.3. The van der Waals surface area contributed by atoms with Crippen molar-refractivity contribution in [3.05, 3.63) is 45.4 Å². The first-order valence-corrected chi connectivity index (χ1v) is 5.87. The number of carbonyl (C=O) groups excluding carboxylic acids is 1. The first kappa shape index (κ1) is 11.4. The van der Waals surface area contributed by atoms with Crippen LogP contribution in [-0.4, -0.2) is 10.3 Å². The summed E-state index contributed by atoms with van der Waals surface area (Å²) in [6.45, 7) is 0. The monoisotopic (exact) mass is 272 g/mol. The average molecular weight is 273 g/mol. The van der Waals surface area contributed by atoms with Crippen LogP contribution in [0.1, 0.15) is 9.67 Å². The van der Waals surface area contributed by atoms with Crippen LogP contribution in [-0.2, 0) is 0 Å². The van der Waals surface area contributed by atoms with Crippen LogP contribution < -0.4 is 5.32 Å². The highest BCUT2D eigenvalue weighted by atomic mass is 35.5. The fourth-order valence-corrected chi connectivity index (χ4v) is 1.89. The molecule has 6 heteroatoms. The minimum atomic E-state index is -0.208. The molecule has 0 aliphatic heterocycles. The molecule has 0 spiro atoms. The number of halogens is 2. The Morgan fingerprint density at radius 2 is 2.06 bits per heavy atom.